The smallest absolute Gasteiger partial charge is 0.407 e. The van der Waals surface area contributed by atoms with Crippen LogP contribution in [0.1, 0.15) is 67.2 Å². The van der Waals surface area contributed by atoms with E-state index < -0.39 is 12.2 Å². The highest BCUT2D eigenvalue weighted by molar-refractivity contribution is 5.79. The first-order valence-corrected chi connectivity index (χ1v) is 11.7. The predicted molar refractivity (Wildman–Crippen MR) is 125 cm³/mol. The predicted octanol–water partition coefficient (Wildman–Crippen LogP) is 4.32. The summed E-state index contributed by atoms with van der Waals surface area (Å²) in [6.07, 6.45) is 0.423. The molecule has 0 aliphatic heterocycles. The van der Waals surface area contributed by atoms with Crippen LogP contribution in [-0.2, 0) is 4.74 Å². The summed E-state index contributed by atoms with van der Waals surface area (Å²) in [6, 6.07) is 16.6. The number of H-pyrrole nitrogens is 1. The maximum absolute atomic E-state index is 12.5. The van der Waals surface area contributed by atoms with E-state index in [0.29, 0.717) is 13.0 Å². The third kappa shape index (κ3) is 4.25. The van der Waals surface area contributed by atoms with E-state index in [4.69, 9.17) is 4.74 Å². The van der Waals surface area contributed by atoms with E-state index in [-0.39, 0.29) is 30.3 Å². The molecule has 0 unspecified atom stereocenters. The number of aliphatic hydroxyl groups excluding tert-OH is 1. The minimum atomic E-state index is -0.489. The lowest BCUT2D eigenvalue weighted by Crippen LogP contribution is -2.33. The Morgan fingerprint density at radius 1 is 1.12 bits per heavy atom. The lowest BCUT2D eigenvalue weighted by molar-refractivity contribution is 0.119. The number of aromatic amines is 1. The van der Waals surface area contributed by atoms with Crippen molar-refractivity contribution in [3.8, 4) is 11.1 Å². The van der Waals surface area contributed by atoms with Gasteiger partial charge in [0, 0.05) is 30.2 Å². The van der Waals surface area contributed by atoms with Gasteiger partial charge in [-0.2, -0.15) is 5.10 Å². The molecule has 0 saturated heterocycles. The van der Waals surface area contributed by atoms with Crippen LogP contribution in [0.3, 0.4) is 0 Å². The van der Waals surface area contributed by atoms with Crippen LogP contribution in [0.4, 0.5) is 4.79 Å². The quantitative estimate of drug-likeness (QED) is 0.524. The van der Waals surface area contributed by atoms with Crippen LogP contribution in [0.15, 0.2) is 48.5 Å². The van der Waals surface area contributed by atoms with Crippen LogP contribution in [0.2, 0.25) is 0 Å². The highest BCUT2D eigenvalue weighted by atomic mass is 16.5. The van der Waals surface area contributed by atoms with Crippen molar-refractivity contribution in [2.24, 2.45) is 5.92 Å². The van der Waals surface area contributed by atoms with E-state index in [0.717, 1.165) is 18.1 Å². The van der Waals surface area contributed by atoms with Gasteiger partial charge in [-0.3, -0.25) is 5.10 Å². The van der Waals surface area contributed by atoms with Crippen LogP contribution in [0, 0.1) is 5.92 Å². The molecule has 1 amide bonds. The molecule has 1 aromatic heterocycles. The Morgan fingerprint density at radius 2 is 1.79 bits per heavy atom. The largest absolute Gasteiger partial charge is 0.449 e. The first-order chi connectivity index (χ1) is 16.0. The van der Waals surface area contributed by atoms with Gasteiger partial charge in [0.1, 0.15) is 12.4 Å². The Balaban J connectivity index is 1.16. The molecular formula is C26H30N4O3. The molecule has 1 heterocycles. The van der Waals surface area contributed by atoms with E-state index in [9.17, 15) is 9.90 Å². The number of ether oxygens (including phenoxy) is 1. The second kappa shape index (κ2) is 8.98. The monoisotopic (exact) mass is 446 g/mol. The number of nitrogens with one attached hydrogen (secondary N) is 2. The number of hydrogen-bond acceptors (Lipinski definition) is 5. The van der Waals surface area contributed by atoms with E-state index in [1.165, 1.54) is 22.3 Å². The average Bonchev–Trinajstić information content (AvgIpc) is 3.52. The number of benzene rings is 2. The highest BCUT2D eigenvalue weighted by Gasteiger charge is 2.36. The minimum absolute atomic E-state index is 0.0335. The van der Waals surface area contributed by atoms with Crippen molar-refractivity contribution in [3.63, 3.8) is 0 Å². The standard InChI is InChI=1S/C26H30N4O3/c1-15(2)24-28-25(30-29-24)16-11-17(23(31)12-16)13-27-26(32)33-14-22-20-9-5-3-7-18(20)19-8-4-6-10-21(19)22/h3-10,15-17,22-23,31H,11-14H2,1-2H3,(H,27,32)(H,28,29,30)/t16-,17+,23+/m0/s1. The molecule has 1 fully saturated rings. The molecule has 3 N–H and O–H groups in total. The molecule has 2 aromatic carbocycles. The molecule has 0 radical (unpaired) electrons. The summed E-state index contributed by atoms with van der Waals surface area (Å²) in [5.41, 5.74) is 4.78. The van der Waals surface area contributed by atoms with Crippen LogP contribution < -0.4 is 5.32 Å². The van der Waals surface area contributed by atoms with Crippen molar-refractivity contribution in [1.82, 2.24) is 20.5 Å². The number of fused-ring (bicyclic) bond motifs is 3. The Labute approximate surface area is 193 Å². The number of alkyl carbamates (subject to hydrolysis) is 1. The van der Waals surface area contributed by atoms with Crippen molar-refractivity contribution in [2.45, 2.75) is 50.5 Å². The summed E-state index contributed by atoms with van der Waals surface area (Å²) >= 11 is 0. The van der Waals surface area contributed by atoms with Gasteiger partial charge >= 0.3 is 6.09 Å². The maximum Gasteiger partial charge on any atom is 0.407 e. The van der Waals surface area contributed by atoms with Gasteiger partial charge in [0.2, 0.25) is 0 Å². The van der Waals surface area contributed by atoms with Gasteiger partial charge in [-0.15, -0.1) is 0 Å². The number of nitrogens with zero attached hydrogens (tertiary/aromatic N) is 2. The molecule has 1 saturated carbocycles. The summed E-state index contributed by atoms with van der Waals surface area (Å²) in [7, 11) is 0. The van der Waals surface area contributed by atoms with Crippen molar-refractivity contribution in [3.05, 3.63) is 71.3 Å². The number of carbonyl (C=O) groups is 1. The second-order valence-electron chi connectivity index (χ2n) is 9.44. The molecule has 3 atom stereocenters. The highest BCUT2D eigenvalue weighted by Crippen LogP contribution is 2.44. The van der Waals surface area contributed by atoms with E-state index >= 15 is 0 Å². The molecule has 0 spiro atoms. The van der Waals surface area contributed by atoms with Crippen LogP contribution in [0.5, 0.6) is 0 Å². The molecule has 3 aromatic rings. The van der Waals surface area contributed by atoms with E-state index in [2.05, 4.69) is 58.6 Å². The molecule has 5 rings (SSSR count). The Hall–Kier alpha value is -3.19. The van der Waals surface area contributed by atoms with Crippen molar-refractivity contribution in [2.75, 3.05) is 13.2 Å². The van der Waals surface area contributed by atoms with Crippen LogP contribution in [-0.4, -0.2) is 45.6 Å². The number of carbonyl (C=O) groups excluding carboxylic acids is 1. The normalized spacial score (nSPS) is 21.8. The third-order valence-corrected chi connectivity index (χ3v) is 6.93. The van der Waals surface area contributed by atoms with Gasteiger partial charge in [-0.05, 0) is 35.1 Å². The third-order valence-electron chi connectivity index (χ3n) is 6.93. The Morgan fingerprint density at radius 3 is 2.42 bits per heavy atom. The Kier molecular flexibility index (Phi) is 5.89. The maximum atomic E-state index is 12.5. The molecule has 33 heavy (non-hydrogen) atoms. The average molecular weight is 447 g/mol. The molecule has 7 nitrogen and oxygen atoms in total. The fourth-order valence-electron chi connectivity index (χ4n) is 5.14. The van der Waals surface area contributed by atoms with Crippen molar-refractivity contribution in [1.29, 1.82) is 0 Å². The van der Waals surface area contributed by atoms with Crippen LogP contribution in [0.25, 0.3) is 11.1 Å². The second-order valence-corrected chi connectivity index (χ2v) is 9.44. The first kappa shape index (κ1) is 21.6. The topological polar surface area (TPSA) is 100 Å². The van der Waals surface area contributed by atoms with Gasteiger partial charge in [-0.25, -0.2) is 9.78 Å². The van der Waals surface area contributed by atoms with E-state index in [1.807, 2.05) is 24.3 Å². The molecule has 7 heteroatoms. The zero-order valence-electron chi connectivity index (χ0n) is 19.0. The minimum Gasteiger partial charge on any atom is -0.449 e. The number of rotatable bonds is 6. The summed E-state index contributed by atoms with van der Waals surface area (Å²) in [4.78, 5) is 17.0. The van der Waals surface area contributed by atoms with Crippen LogP contribution >= 0.6 is 0 Å². The van der Waals surface area contributed by atoms with E-state index in [1.54, 1.807) is 0 Å². The first-order valence-electron chi connectivity index (χ1n) is 11.7. The van der Waals surface area contributed by atoms with Crippen molar-refractivity contribution < 1.29 is 14.6 Å². The summed E-state index contributed by atoms with van der Waals surface area (Å²) in [5.74, 6) is 1.98. The molecule has 172 valence electrons. The number of hydrogen-bond donors (Lipinski definition) is 3. The van der Waals surface area contributed by atoms with Gasteiger partial charge in [-0.1, -0.05) is 62.4 Å². The van der Waals surface area contributed by atoms with Gasteiger partial charge < -0.3 is 15.2 Å². The zero-order valence-corrected chi connectivity index (χ0v) is 19.0. The lowest BCUT2D eigenvalue weighted by atomic mass is 9.98. The zero-order chi connectivity index (χ0) is 22.9. The lowest BCUT2D eigenvalue weighted by Gasteiger charge is -2.17. The van der Waals surface area contributed by atoms with Crippen molar-refractivity contribution >= 4 is 6.09 Å². The molecule has 0 bridgehead atoms. The summed E-state index contributed by atoms with van der Waals surface area (Å²) < 4.78 is 5.62. The van der Waals surface area contributed by atoms with Gasteiger partial charge in [0.05, 0.1) is 6.10 Å². The SMILES string of the molecule is CC(C)c1n[nH]c([C@H]2C[C@H](CNC(=O)OCC3c4ccccc4-c4ccccc43)[C@H](O)C2)n1. The molecule has 2 aliphatic rings. The van der Waals surface area contributed by atoms with Gasteiger partial charge in [0.15, 0.2) is 5.82 Å². The molecule has 2 aliphatic carbocycles. The fourth-order valence-corrected chi connectivity index (χ4v) is 5.14. The summed E-state index contributed by atoms with van der Waals surface area (Å²) in [5, 5.41) is 20.7. The number of aliphatic hydroxyl groups is 1. The molecular weight excluding hydrogens is 416 g/mol. The number of amides is 1. The van der Waals surface area contributed by atoms with Gasteiger partial charge in [0.25, 0.3) is 0 Å². The number of aromatic nitrogens is 3. The fraction of sp³-hybridized carbons (Fsp3) is 0.423. The Bertz CT molecular complexity index is 1100. The summed E-state index contributed by atoms with van der Waals surface area (Å²) in [6.45, 7) is 4.76.